The van der Waals surface area contributed by atoms with Crippen molar-refractivity contribution in [3.63, 3.8) is 0 Å². The number of benzene rings is 10. The summed E-state index contributed by atoms with van der Waals surface area (Å²) in [6, 6.07) is 43.7. The smallest absolute Gasteiger partial charge is 0.335 e. The number of amides is 10. The van der Waals surface area contributed by atoms with E-state index in [1.54, 1.807) is 59.7 Å². The van der Waals surface area contributed by atoms with E-state index in [1.807, 2.05) is 20.8 Å². The van der Waals surface area contributed by atoms with E-state index in [-0.39, 0.29) is 132 Å². The molecular weight excluding hydrogens is 1710 g/mol. The number of rotatable bonds is 39. The van der Waals surface area contributed by atoms with Gasteiger partial charge in [-0.25, -0.2) is 4.79 Å². The van der Waals surface area contributed by atoms with E-state index in [0.29, 0.717) is 22.6 Å². The molecular formula is C94H94N12O26. The van der Waals surface area contributed by atoms with Crippen LogP contribution in [0.1, 0.15) is 165 Å². The number of aliphatic hydroxyl groups excluding tert-OH is 2. The van der Waals surface area contributed by atoms with Gasteiger partial charge in [-0.3, -0.25) is 77.8 Å². The van der Waals surface area contributed by atoms with Crippen molar-refractivity contribution >= 4 is 122 Å². The molecule has 38 nitrogen and oxygen atoms in total. The van der Waals surface area contributed by atoms with Crippen LogP contribution in [0.15, 0.2) is 206 Å². The van der Waals surface area contributed by atoms with Crippen LogP contribution in [0, 0.1) is 39.0 Å². The third kappa shape index (κ3) is 26.7. The third-order valence-corrected chi connectivity index (χ3v) is 19.4. The summed E-state index contributed by atoms with van der Waals surface area (Å²) in [6.07, 6.45) is -2.26. The predicted octanol–water partition coefficient (Wildman–Crippen LogP) is 11.3. The quantitative estimate of drug-likeness (QED) is 0.0126. The number of aromatic hydroxyl groups is 2. The van der Waals surface area contributed by atoms with Crippen molar-refractivity contribution in [2.75, 3.05) is 45.1 Å². The number of aliphatic hydroxyl groups is 2. The number of carbonyl (C=O) groups is 13. The molecule has 0 aromatic heterocycles. The van der Waals surface area contributed by atoms with Crippen LogP contribution in [-0.4, -0.2) is 162 Å². The first-order chi connectivity index (χ1) is 62.6. The molecule has 0 saturated carbocycles. The summed E-state index contributed by atoms with van der Waals surface area (Å²) in [7, 11) is 0. The molecule has 10 aromatic carbocycles. The molecule has 10 aromatic rings. The van der Waals surface area contributed by atoms with E-state index in [1.165, 1.54) is 188 Å². The van der Waals surface area contributed by atoms with Gasteiger partial charge in [0.1, 0.15) is 23.6 Å². The molecule has 132 heavy (non-hydrogen) atoms. The number of nitro groups is 2. The molecule has 10 amide bonds. The lowest BCUT2D eigenvalue weighted by molar-refractivity contribution is -0.385. The summed E-state index contributed by atoms with van der Waals surface area (Å²) in [6.45, 7) is 14.0. The maximum atomic E-state index is 13.7. The van der Waals surface area contributed by atoms with Gasteiger partial charge in [0.2, 0.25) is 11.8 Å². The van der Waals surface area contributed by atoms with Crippen LogP contribution in [0.5, 0.6) is 34.5 Å². The fourth-order valence-electron chi connectivity index (χ4n) is 12.8. The lowest BCUT2D eigenvalue weighted by atomic mass is 9.91. The summed E-state index contributed by atoms with van der Waals surface area (Å²) in [5.41, 5.74) is 13.6. The van der Waals surface area contributed by atoms with Crippen molar-refractivity contribution < 1.29 is 117 Å². The topological polar surface area (TPSA) is 595 Å². The number of nitro benzene ring substituents is 2. The van der Waals surface area contributed by atoms with Crippen LogP contribution in [-0.2, 0) is 32.0 Å². The summed E-state index contributed by atoms with van der Waals surface area (Å²) in [5.74, 6) is -14.1. The van der Waals surface area contributed by atoms with E-state index < -0.39 is 147 Å². The fraction of sp³-hybridized carbons (Fsp3) is 0.223. The highest BCUT2D eigenvalue weighted by Crippen LogP contribution is 2.42. The normalized spacial score (nSPS) is 11.8. The van der Waals surface area contributed by atoms with E-state index >= 15 is 0 Å². The fourth-order valence-corrected chi connectivity index (χ4v) is 12.8. The molecule has 0 aliphatic rings. The van der Waals surface area contributed by atoms with Gasteiger partial charge in [0.25, 0.3) is 58.6 Å². The van der Waals surface area contributed by atoms with Crippen molar-refractivity contribution in [2.45, 2.75) is 112 Å². The van der Waals surface area contributed by atoms with Crippen molar-refractivity contribution in [3.8, 4) is 34.5 Å². The Morgan fingerprint density at radius 3 is 0.962 bits per heavy atom. The number of anilines is 6. The SMILES string of the molecule is CC(C)Oc1cc(C(=O)O)ccc1NC(=O)c1ccc(NC(=O)c2ccc(CC(=O)C(NC(=O)c3ccc(NC(=O)c4ccc([N+](=O)[O-])cc4)cc3)C(CO)C(N)=O)cc2)c(OC(C)C)c1O.Cc1ccc(NC(=O)c2ccc(NC(=O)c3ccc(CC(=O)C(NC(=O)c4ccc(NC(=O)c5ccc([N+](=O)[O-])cc5)cc4)C(CO)C(N)=O)cc3)c(OC(C)C)c2O)c(OC(C)C)c1. The Hall–Kier alpha value is -16.8. The van der Waals surface area contributed by atoms with Gasteiger partial charge in [0.05, 0.1) is 98.8 Å². The zero-order chi connectivity index (χ0) is 96.6. The highest BCUT2D eigenvalue weighted by molar-refractivity contribution is 6.13. The second-order valence-electron chi connectivity index (χ2n) is 30.8. The number of Topliss-reactive ketones (excluding diaryl/α,β-unsaturated/α-hetero) is 2. The Bertz CT molecular complexity index is 6030. The Morgan fingerprint density at radius 2 is 0.644 bits per heavy atom. The number of primary amides is 2. The number of ether oxygens (including phenoxy) is 4. The van der Waals surface area contributed by atoms with E-state index in [0.717, 1.165) is 5.56 Å². The number of hydrogen-bond donors (Lipinski definition) is 15. The standard InChI is InChI=1S/C47H46N6O14.C47H48N6O12/c1-24(2)66-38-22-30(47(62)63)13-19-35(38)50-46(61)33-18-20-36(41(40(33)56)67-25(3)4)51-44(59)27-7-5-26(6-8-27)21-37(55)39(34(23-54)42(48)57)52-45(60)28-9-14-31(15-10-28)49-43(58)29-11-16-32(17-12-29)53(64)65;1-25(2)64-39-22-27(5)6-20-36(39)50-47(61)34-19-21-37(42(41(34)56)65-26(3)4)51-45(59)29-9-7-28(8-10-29)23-38(55)40(35(24-54)43(48)57)52-46(60)30-11-15-32(16-12-30)49-44(58)31-13-17-33(18-14-31)53(62)63/h5-20,22,24-25,34,39,54,56H,21,23H2,1-4H3,(H2,48,57)(H,49,58)(H,50,61)(H,51,59)(H,52,60)(H,62,63);6-22,25-26,35,40,54,56H,23-24H2,1-5H3,(H2,48,57)(H,49,58)(H,50,61)(H,51,59)(H,52,60). The molecule has 0 fully saturated rings. The number of carboxylic acids is 1. The number of ketones is 2. The molecule has 0 aliphatic carbocycles. The maximum absolute atomic E-state index is 13.7. The first kappa shape index (κ1) is 99.0. The van der Waals surface area contributed by atoms with Crippen molar-refractivity contribution in [2.24, 2.45) is 23.3 Å². The van der Waals surface area contributed by atoms with E-state index in [2.05, 4.69) is 42.5 Å². The molecule has 4 unspecified atom stereocenters. The average molecular weight is 1810 g/mol. The van der Waals surface area contributed by atoms with Gasteiger partial charge >= 0.3 is 5.97 Å². The summed E-state index contributed by atoms with van der Waals surface area (Å²) in [5, 5.41) is 94.7. The number of nitrogens with zero attached hydrogens (tertiary/aromatic N) is 2. The number of phenolic OH excluding ortho intramolecular Hbond substituents is 2. The number of phenols is 2. The molecule has 10 rings (SSSR count). The van der Waals surface area contributed by atoms with Gasteiger partial charge in [-0.15, -0.1) is 0 Å². The Labute approximate surface area is 753 Å². The Kier molecular flexibility index (Phi) is 33.8. The number of nitrogens with one attached hydrogen (secondary N) is 8. The second-order valence-corrected chi connectivity index (χ2v) is 30.8. The monoisotopic (exact) mass is 1810 g/mol. The molecule has 0 saturated heterocycles. The predicted molar refractivity (Wildman–Crippen MR) is 483 cm³/mol. The highest BCUT2D eigenvalue weighted by Gasteiger charge is 2.36. The number of carboxylic acid groups (broad SMARTS) is 1. The van der Waals surface area contributed by atoms with Gasteiger partial charge in [0, 0.05) is 81.9 Å². The van der Waals surface area contributed by atoms with Crippen molar-refractivity contribution in [1.29, 1.82) is 0 Å². The molecule has 17 N–H and O–H groups in total. The Balaban J connectivity index is 0.000000297. The van der Waals surface area contributed by atoms with Crippen LogP contribution in [0.4, 0.5) is 45.5 Å². The minimum Gasteiger partial charge on any atom is -0.504 e. The molecule has 4 atom stereocenters. The average Bonchev–Trinajstić information content (AvgIpc) is 0.802. The van der Waals surface area contributed by atoms with E-state index in [4.69, 9.17) is 30.4 Å². The number of aromatic carboxylic acids is 1. The number of hydrogen-bond acceptors (Lipinski definition) is 25. The van der Waals surface area contributed by atoms with Crippen LogP contribution in [0.3, 0.4) is 0 Å². The number of carbonyl (C=O) groups excluding carboxylic acids is 12. The molecule has 0 radical (unpaired) electrons. The summed E-state index contributed by atoms with van der Waals surface area (Å²) < 4.78 is 23.2. The first-order valence-electron chi connectivity index (χ1n) is 40.7. The van der Waals surface area contributed by atoms with Crippen LogP contribution in [0.25, 0.3) is 0 Å². The molecule has 0 spiro atoms. The van der Waals surface area contributed by atoms with Crippen LogP contribution < -0.4 is 72.9 Å². The summed E-state index contributed by atoms with van der Waals surface area (Å²) in [4.78, 5) is 190. The molecule has 0 aliphatic heterocycles. The molecule has 0 heterocycles. The summed E-state index contributed by atoms with van der Waals surface area (Å²) >= 11 is 0. The highest BCUT2D eigenvalue weighted by atomic mass is 16.6. The minimum atomic E-state index is -1.58. The van der Waals surface area contributed by atoms with Gasteiger partial charge in [-0.05, 0) is 231 Å². The molecule has 686 valence electrons. The van der Waals surface area contributed by atoms with Gasteiger partial charge in [-0.1, -0.05) is 30.3 Å². The van der Waals surface area contributed by atoms with Gasteiger partial charge in [-0.2, -0.15) is 0 Å². The lowest BCUT2D eigenvalue weighted by Gasteiger charge is -2.23. The molecule has 38 heteroatoms. The first-order valence-corrected chi connectivity index (χ1v) is 40.7. The van der Waals surface area contributed by atoms with Gasteiger partial charge < -0.3 is 98.5 Å². The maximum Gasteiger partial charge on any atom is 0.335 e. The lowest BCUT2D eigenvalue weighted by Crippen LogP contribution is -2.52. The Morgan fingerprint density at radius 1 is 0.356 bits per heavy atom. The number of non-ortho nitro benzene ring substituents is 2. The van der Waals surface area contributed by atoms with Gasteiger partial charge in [0.15, 0.2) is 34.6 Å². The number of aryl methyl sites for hydroxylation is 1. The molecule has 0 bridgehead atoms. The zero-order valence-corrected chi connectivity index (χ0v) is 72.4. The third-order valence-electron chi connectivity index (χ3n) is 19.4. The minimum absolute atomic E-state index is 0.00312. The van der Waals surface area contributed by atoms with Crippen molar-refractivity contribution in [3.05, 3.63) is 293 Å². The van der Waals surface area contributed by atoms with Crippen LogP contribution >= 0.6 is 0 Å². The second kappa shape index (κ2) is 45.1. The largest absolute Gasteiger partial charge is 0.504 e. The van der Waals surface area contributed by atoms with Crippen LogP contribution in [0.2, 0.25) is 0 Å². The van der Waals surface area contributed by atoms with Crippen molar-refractivity contribution in [1.82, 2.24) is 10.6 Å². The zero-order valence-electron chi connectivity index (χ0n) is 72.4. The van der Waals surface area contributed by atoms with E-state index in [9.17, 15) is 108 Å². The number of nitrogens with two attached hydrogens (primary N) is 2.